The van der Waals surface area contributed by atoms with Crippen molar-refractivity contribution in [1.82, 2.24) is 0 Å². The summed E-state index contributed by atoms with van der Waals surface area (Å²) < 4.78 is 9.83. The summed E-state index contributed by atoms with van der Waals surface area (Å²) in [7, 11) is 1.56. The summed E-state index contributed by atoms with van der Waals surface area (Å²) in [5.74, 6) is 0.697. The summed E-state index contributed by atoms with van der Waals surface area (Å²) in [6, 6.07) is 6.83. The second kappa shape index (κ2) is 16.2. The molecule has 0 bridgehead atoms. The monoisotopic (exact) mass is 304 g/mol. The number of hydrogen-bond donors (Lipinski definition) is 0. The summed E-state index contributed by atoms with van der Waals surface area (Å²) in [6.07, 6.45) is -1.54. The van der Waals surface area contributed by atoms with E-state index in [1.807, 2.05) is 0 Å². The number of carbonyl (C=O) groups excluding carboxylic acids is 2. The molecule has 1 aromatic carbocycles. The average molecular weight is 304 g/mol. The minimum absolute atomic E-state index is 0. The third-order valence-electron chi connectivity index (χ3n) is 1.36. The number of hydrogen-bond acceptors (Lipinski definition) is 6. The Labute approximate surface area is 190 Å². The molecule has 1 rings (SSSR count). The molecule has 0 unspecified atom stereocenters. The average Bonchev–Trinajstić information content (AvgIpc) is 2.26. The number of ether oxygens (including phenoxy) is 2. The molecule has 0 N–H and O–H groups in total. The van der Waals surface area contributed by atoms with Gasteiger partial charge >= 0.3 is 103 Å². The summed E-state index contributed by atoms with van der Waals surface area (Å²) in [4.78, 5) is 18.6. The van der Waals surface area contributed by atoms with Crippen LogP contribution < -0.4 is 118 Å². The van der Waals surface area contributed by atoms with Crippen LogP contribution in [-0.2, 0) is 4.74 Å². The third-order valence-corrected chi connectivity index (χ3v) is 1.36. The SMILES string of the molecule is COCOc1ccc(C=O)cc1.O=C([O-])[O-].[K+].[K+]. The van der Waals surface area contributed by atoms with E-state index in [-0.39, 0.29) is 110 Å². The van der Waals surface area contributed by atoms with Crippen molar-refractivity contribution in [3.8, 4) is 5.75 Å². The molecule has 0 atom stereocenters. The topological polar surface area (TPSA) is 98.7 Å². The smallest absolute Gasteiger partial charge is 0.652 e. The zero-order chi connectivity index (χ0) is 12.4. The van der Waals surface area contributed by atoms with Crippen LogP contribution in [0.2, 0.25) is 0 Å². The van der Waals surface area contributed by atoms with Gasteiger partial charge in [0.25, 0.3) is 0 Å². The maximum atomic E-state index is 10.3. The summed E-state index contributed by atoms with van der Waals surface area (Å²) in [5.41, 5.74) is 0.639. The van der Waals surface area contributed by atoms with Crippen molar-refractivity contribution >= 4 is 12.4 Å². The maximum absolute atomic E-state index is 10.3. The second-order valence-electron chi connectivity index (χ2n) is 2.49. The van der Waals surface area contributed by atoms with E-state index in [9.17, 15) is 4.79 Å². The number of aldehydes is 1. The normalized spacial score (nSPS) is 7.61. The van der Waals surface area contributed by atoms with E-state index in [4.69, 9.17) is 24.5 Å². The predicted octanol–water partition coefficient (Wildman–Crippen LogP) is -6.96. The van der Waals surface area contributed by atoms with Gasteiger partial charge in [0.15, 0.2) is 6.79 Å². The molecule has 0 radical (unpaired) electrons. The van der Waals surface area contributed by atoms with Crippen LogP contribution in [0.1, 0.15) is 10.4 Å². The molecule has 6 nitrogen and oxygen atoms in total. The Kier molecular flexibility index (Phi) is 21.9. The summed E-state index contributed by atoms with van der Waals surface area (Å²) in [5, 5.41) is 16.7. The van der Waals surface area contributed by atoms with Crippen molar-refractivity contribution in [1.29, 1.82) is 0 Å². The predicted molar refractivity (Wildman–Crippen MR) is 49.7 cm³/mol. The van der Waals surface area contributed by atoms with Crippen LogP contribution in [0.15, 0.2) is 24.3 Å². The molecule has 0 saturated heterocycles. The van der Waals surface area contributed by atoms with Gasteiger partial charge in [-0.2, -0.15) is 0 Å². The standard InChI is InChI=1S/C9H10O3.CH2O3.2K/c1-11-7-12-9-4-2-8(6-10)3-5-9;2-1(3)4;;/h2-6H,7H2,1H3;(H2,2,3,4);;/q;;2*+1/p-2. The number of benzene rings is 1. The minimum atomic E-state index is -2.33. The molecule has 0 aliphatic rings. The zero-order valence-corrected chi connectivity index (χ0v) is 16.8. The molecule has 0 aromatic heterocycles. The van der Waals surface area contributed by atoms with Crippen LogP contribution in [0.5, 0.6) is 5.75 Å². The van der Waals surface area contributed by atoms with Crippen LogP contribution >= 0.6 is 0 Å². The molecular formula is C10H10K2O6. The van der Waals surface area contributed by atoms with Gasteiger partial charge in [0.05, 0.1) is 0 Å². The zero-order valence-electron chi connectivity index (χ0n) is 10.5. The molecule has 0 amide bonds. The van der Waals surface area contributed by atoms with E-state index >= 15 is 0 Å². The minimum Gasteiger partial charge on any atom is -0.652 e. The van der Waals surface area contributed by atoms with Gasteiger partial charge in [-0.25, -0.2) is 0 Å². The molecule has 0 spiro atoms. The van der Waals surface area contributed by atoms with Gasteiger partial charge in [0.2, 0.25) is 0 Å². The Bertz CT molecular complexity index is 324. The first kappa shape index (κ1) is 24.2. The Morgan fingerprint density at radius 2 is 1.67 bits per heavy atom. The van der Waals surface area contributed by atoms with Crippen LogP contribution in [0.25, 0.3) is 0 Å². The van der Waals surface area contributed by atoms with E-state index in [1.165, 1.54) is 0 Å². The van der Waals surface area contributed by atoms with Crippen molar-refractivity contribution in [3.05, 3.63) is 29.8 Å². The quantitative estimate of drug-likeness (QED) is 0.311. The van der Waals surface area contributed by atoms with Crippen LogP contribution in [-0.4, -0.2) is 26.3 Å². The van der Waals surface area contributed by atoms with E-state index in [2.05, 4.69) is 0 Å². The molecule has 0 fully saturated rings. The van der Waals surface area contributed by atoms with E-state index in [0.29, 0.717) is 11.3 Å². The van der Waals surface area contributed by atoms with Gasteiger partial charge in [-0.05, 0) is 30.4 Å². The van der Waals surface area contributed by atoms with Gasteiger partial charge in [0.1, 0.15) is 12.0 Å². The molecule has 18 heavy (non-hydrogen) atoms. The number of carboxylic acid groups (broad SMARTS) is 2. The van der Waals surface area contributed by atoms with E-state index < -0.39 is 6.16 Å². The number of carbonyl (C=O) groups is 2. The van der Waals surface area contributed by atoms with Gasteiger partial charge in [0, 0.05) is 12.7 Å². The van der Waals surface area contributed by atoms with Gasteiger partial charge in [-0.3, -0.25) is 4.79 Å². The molecule has 0 aliphatic heterocycles. The molecule has 8 heteroatoms. The molecule has 1 aromatic rings. The fraction of sp³-hybridized carbons (Fsp3) is 0.200. The number of methoxy groups -OCH3 is 1. The molecule has 0 aliphatic carbocycles. The Morgan fingerprint density at radius 3 is 2.00 bits per heavy atom. The van der Waals surface area contributed by atoms with Gasteiger partial charge < -0.3 is 24.5 Å². The molecule has 88 valence electrons. The number of rotatable bonds is 4. The molecule has 0 heterocycles. The maximum Gasteiger partial charge on any atom is 1.00 e. The summed E-state index contributed by atoms with van der Waals surface area (Å²) in [6.45, 7) is 0.223. The van der Waals surface area contributed by atoms with Crippen molar-refractivity contribution in [3.63, 3.8) is 0 Å². The Morgan fingerprint density at radius 1 is 1.22 bits per heavy atom. The van der Waals surface area contributed by atoms with Crippen LogP contribution in [0.3, 0.4) is 0 Å². The molecule has 0 saturated carbocycles. The first-order valence-electron chi connectivity index (χ1n) is 4.15. The molecular weight excluding hydrogens is 294 g/mol. The first-order valence-corrected chi connectivity index (χ1v) is 4.15. The van der Waals surface area contributed by atoms with Crippen molar-refractivity contribution in [2.24, 2.45) is 0 Å². The Balaban J connectivity index is -0.000000332. The third kappa shape index (κ3) is 15.3. The summed E-state index contributed by atoms with van der Waals surface area (Å²) >= 11 is 0. The van der Waals surface area contributed by atoms with Gasteiger partial charge in [-0.15, -0.1) is 0 Å². The largest absolute Gasteiger partial charge is 1.00 e. The Hall–Kier alpha value is 1.19. The fourth-order valence-electron chi connectivity index (χ4n) is 0.770. The van der Waals surface area contributed by atoms with Crippen LogP contribution in [0, 0.1) is 0 Å². The van der Waals surface area contributed by atoms with Crippen molar-refractivity contribution < 1.29 is 132 Å². The van der Waals surface area contributed by atoms with E-state index in [1.54, 1.807) is 31.4 Å². The fourth-order valence-corrected chi connectivity index (χ4v) is 0.770. The second-order valence-corrected chi connectivity index (χ2v) is 2.49. The van der Waals surface area contributed by atoms with Crippen molar-refractivity contribution in [2.75, 3.05) is 13.9 Å². The van der Waals surface area contributed by atoms with Crippen LogP contribution in [0.4, 0.5) is 4.79 Å². The van der Waals surface area contributed by atoms with Gasteiger partial charge in [-0.1, -0.05) is 0 Å². The first-order chi connectivity index (χ1) is 7.60. The van der Waals surface area contributed by atoms with Crippen molar-refractivity contribution in [2.45, 2.75) is 0 Å². The van der Waals surface area contributed by atoms with E-state index in [0.717, 1.165) is 6.29 Å².